The maximum Gasteiger partial charge on any atom is 0.341 e. The smallest absolute Gasteiger partial charge is 0.341 e. The van der Waals surface area contributed by atoms with Crippen LogP contribution in [0.15, 0.2) is 23.3 Å². The van der Waals surface area contributed by atoms with E-state index in [9.17, 15) is 9.90 Å². The lowest BCUT2D eigenvalue weighted by Gasteiger charge is -2.06. The summed E-state index contributed by atoms with van der Waals surface area (Å²) in [5, 5.41) is 38.4. The second kappa shape index (κ2) is 5.14. The van der Waals surface area contributed by atoms with Crippen LogP contribution in [0.2, 0.25) is 0 Å². The molecule has 0 unspecified atom stereocenters. The highest BCUT2D eigenvalue weighted by Crippen LogP contribution is 2.25. The average molecular weight is 230 g/mol. The van der Waals surface area contributed by atoms with Crippen LogP contribution in [0.3, 0.4) is 0 Å². The van der Waals surface area contributed by atoms with Crippen molar-refractivity contribution < 1.29 is 15.0 Å². The third-order valence-corrected chi connectivity index (χ3v) is 1.76. The van der Waals surface area contributed by atoms with E-state index in [4.69, 9.17) is 15.6 Å². The minimum Gasteiger partial charge on any atom is -0.507 e. The van der Waals surface area contributed by atoms with Crippen LogP contribution < -0.4 is 5.43 Å². The average Bonchev–Trinajstić information content (AvgIpc) is 2.29. The molecule has 1 aromatic carbocycles. The molecular formula is C10H6N4O3. The number of carboxylic acids is 1. The van der Waals surface area contributed by atoms with Crippen molar-refractivity contribution in [2.75, 3.05) is 5.43 Å². The van der Waals surface area contributed by atoms with Crippen molar-refractivity contribution in [1.82, 2.24) is 0 Å². The Morgan fingerprint density at radius 2 is 2.00 bits per heavy atom. The number of rotatable bonds is 3. The number of carboxylic acid groups (broad SMARTS) is 1. The molecule has 0 aliphatic carbocycles. The van der Waals surface area contributed by atoms with Gasteiger partial charge in [0.2, 0.25) is 5.71 Å². The first-order valence-electron chi connectivity index (χ1n) is 4.29. The van der Waals surface area contributed by atoms with Crippen LogP contribution in [0.25, 0.3) is 0 Å². The predicted molar refractivity (Wildman–Crippen MR) is 57.3 cm³/mol. The van der Waals surface area contributed by atoms with Crippen LogP contribution >= 0.6 is 0 Å². The van der Waals surface area contributed by atoms with Gasteiger partial charge >= 0.3 is 5.97 Å². The van der Waals surface area contributed by atoms with E-state index in [-0.39, 0.29) is 11.3 Å². The lowest BCUT2D eigenvalue weighted by atomic mass is 10.1. The molecule has 0 heterocycles. The zero-order valence-electron chi connectivity index (χ0n) is 8.38. The molecule has 0 saturated heterocycles. The molecule has 0 fully saturated rings. The third-order valence-electron chi connectivity index (χ3n) is 1.76. The number of hydrogen-bond acceptors (Lipinski definition) is 6. The molecule has 0 aliphatic rings. The van der Waals surface area contributed by atoms with Crippen molar-refractivity contribution >= 4 is 17.4 Å². The summed E-state index contributed by atoms with van der Waals surface area (Å²) in [5.74, 6) is -1.79. The number of aromatic carboxylic acids is 1. The molecule has 7 heteroatoms. The Hall–Kier alpha value is -3.06. The zero-order chi connectivity index (χ0) is 12.8. The maximum atomic E-state index is 10.8. The summed E-state index contributed by atoms with van der Waals surface area (Å²) < 4.78 is 0. The van der Waals surface area contributed by atoms with Crippen LogP contribution in [0.5, 0.6) is 5.75 Å². The van der Waals surface area contributed by atoms with Crippen LogP contribution in [0.1, 0.15) is 10.4 Å². The summed E-state index contributed by atoms with van der Waals surface area (Å²) in [6.45, 7) is 0. The van der Waals surface area contributed by atoms with E-state index in [1.807, 2.05) is 0 Å². The molecule has 0 atom stereocenters. The minimum atomic E-state index is -1.35. The van der Waals surface area contributed by atoms with Gasteiger partial charge in [0.1, 0.15) is 23.5 Å². The van der Waals surface area contributed by atoms with Gasteiger partial charge in [0.25, 0.3) is 0 Å². The molecule has 7 nitrogen and oxygen atoms in total. The van der Waals surface area contributed by atoms with Crippen LogP contribution in [0.4, 0.5) is 5.69 Å². The normalized spacial score (nSPS) is 8.59. The fourth-order valence-electron chi connectivity index (χ4n) is 1.05. The molecule has 17 heavy (non-hydrogen) atoms. The Morgan fingerprint density at radius 3 is 2.53 bits per heavy atom. The summed E-state index contributed by atoms with van der Waals surface area (Å²) in [4.78, 5) is 10.8. The van der Waals surface area contributed by atoms with Gasteiger partial charge in [-0.15, -0.1) is 0 Å². The molecule has 0 aliphatic heterocycles. The lowest BCUT2D eigenvalue weighted by molar-refractivity contribution is 0.0695. The number of hydrazone groups is 1. The second-order valence-corrected chi connectivity index (χ2v) is 2.80. The lowest BCUT2D eigenvalue weighted by Crippen LogP contribution is -2.04. The molecule has 0 radical (unpaired) electrons. The Labute approximate surface area is 95.8 Å². The van der Waals surface area contributed by atoms with Crippen molar-refractivity contribution in [3.8, 4) is 17.9 Å². The number of aromatic hydroxyl groups is 1. The van der Waals surface area contributed by atoms with Crippen LogP contribution in [-0.2, 0) is 0 Å². The van der Waals surface area contributed by atoms with E-state index in [0.717, 1.165) is 0 Å². The Morgan fingerprint density at radius 1 is 1.35 bits per heavy atom. The van der Waals surface area contributed by atoms with E-state index >= 15 is 0 Å². The minimum absolute atomic E-state index is 0.0134. The number of benzene rings is 1. The molecule has 1 rings (SSSR count). The number of nitrogens with zero attached hydrogens (tertiary/aromatic N) is 3. The maximum absolute atomic E-state index is 10.8. The first-order chi connectivity index (χ1) is 8.10. The van der Waals surface area contributed by atoms with E-state index in [2.05, 4.69) is 10.5 Å². The number of nitrogens with one attached hydrogen (secondary N) is 1. The molecule has 84 valence electrons. The summed E-state index contributed by atoms with van der Waals surface area (Å²) in [5.41, 5.74) is 1.39. The molecular weight excluding hydrogens is 224 g/mol. The van der Waals surface area contributed by atoms with Gasteiger partial charge in [0, 0.05) is 0 Å². The monoisotopic (exact) mass is 230 g/mol. The standard InChI is InChI=1S/C10H6N4O3/c11-4-6(5-12)13-14-7-2-1-3-8(15)9(7)10(16)17/h1-3,14-15H,(H,16,17). The fourth-order valence-corrected chi connectivity index (χ4v) is 1.05. The summed E-state index contributed by atoms with van der Waals surface area (Å²) >= 11 is 0. The summed E-state index contributed by atoms with van der Waals surface area (Å²) in [7, 11) is 0. The first kappa shape index (κ1) is 12.0. The van der Waals surface area contributed by atoms with E-state index in [1.54, 1.807) is 0 Å². The Balaban J connectivity index is 3.14. The highest BCUT2D eigenvalue weighted by atomic mass is 16.4. The fraction of sp³-hybridized carbons (Fsp3) is 0. The molecule has 3 N–H and O–H groups in total. The largest absolute Gasteiger partial charge is 0.507 e. The predicted octanol–water partition coefficient (Wildman–Crippen LogP) is 0.905. The number of phenols is 1. The molecule has 0 spiro atoms. The molecule has 0 bridgehead atoms. The number of hydrogen-bond donors (Lipinski definition) is 3. The molecule has 1 aromatic rings. The Kier molecular flexibility index (Phi) is 3.63. The molecule has 0 amide bonds. The molecule has 0 saturated carbocycles. The van der Waals surface area contributed by atoms with Gasteiger partial charge in [-0.3, -0.25) is 5.43 Å². The van der Waals surface area contributed by atoms with Gasteiger partial charge in [0.15, 0.2) is 0 Å². The van der Waals surface area contributed by atoms with Gasteiger partial charge < -0.3 is 10.2 Å². The SMILES string of the molecule is N#CC(C#N)=NNc1cccc(O)c1C(=O)O. The van der Waals surface area contributed by atoms with Gasteiger partial charge in [-0.1, -0.05) is 6.07 Å². The number of anilines is 1. The van der Waals surface area contributed by atoms with Crippen molar-refractivity contribution in [2.45, 2.75) is 0 Å². The number of carbonyl (C=O) groups is 1. The van der Waals surface area contributed by atoms with Gasteiger partial charge in [-0.25, -0.2) is 4.79 Å². The van der Waals surface area contributed by atoms with Crippen molar-refractivity contribution in [3.63, 3.8) is 0 Å². The van der Waals surface area contributed by atoms with Gasteiger partial charge in [-0.05, 0) is 12.1 Å². The highest BCUT2D eigenvalue weighted by Gasteiger charge is 2.14. The quantitative estimate of drug-likeness (QED) is 0.522. The summed E-state index contributed by atoms with van der Waals surface area (Å²) in [6.07, 6.45) is 0. The second-order valence-electron chi connectivity index (χ2n) is 2.80. The molecule has 0 aromatic heterocycles. The van der Waals surface area contributed by atoms with E-state index in [1.165, 1.54) is 30.3 Å². The zero-order valence-corrected chi connectivity index (χ0v) is 8.38. The van der Waals surface area contributed by atoms with Crippen LogP contribution in [-0.4, -0.2) is 21.9 Å². The van der Waals surface area contributed by atoms with E-state index < -0.39 is 17.4 Å². The van der Waals surface area contributed by atoms with E-state index in [0.29, 0.717) is 0 Å². The van der Waals surface area contributed by atoms with Gasteiger partial charge in [0.05, 0.1) is 5.69 Å². The topological polar surface area (TPSA) is 130 Å². The van der Waals surface area contributed by atoms with Crippen molar-refractivity contribution in [1.29, 1.82) is 10.5 Å². The third kappa shape index (κ3) is 2.70. The van der Waals surface area contributed by atoms with Crippen molar-refractivity contribution in [2.24, 2.45) is 5.10 Å². The van der Waals surface area contributed by atoms with Crippen molar-refractivity contribution in [3.05, 3.63) is 23.8 Å². The van der Waals surface area contributed by atoms with Gasteiger partial charge in [-0.2, -0.15) is 15.6 Å². The Bertz CT molecular complexity index is 550. The highest BCUT2D eigenvalue weighted by molar-refractivity contribution is 6.10. The first-order valence-corrected chi connectivity index (χ1v) is 4.29. The summed E-state index contributed by atoms with van der Waals surface area (Å²) in [6, 6.07) is 6.95. The van der Waals surface area contributed by atoms with Crippen LogP contribution in [0, 0.1) is 22.7 Å². The number of nitriles is 2.